The molecule has 3 rings (SSSR count). The SMILES string of the molecule is Cc1ccc2oc(SCc3nc(C(=O)NC(C)C)cs3)nc2c1. The van der Waals surface area contributed by atoms with Gasteiger partial charge in [0, 0.05) is 11.4 Å². The van der Waals surface area contributed by atoms with E-state index in [0.717, 1.165) is 21.7 Å². The highest BCUT2D eigenvalue weighted by atomic mass is 32.2. The average Bonchev–Trinajstić information content (AvgIpc) is 3.10. The standard InChI is InChI=1S/C16H17N3O2S2/c1-9(2)17-15(20)12-7-22-14(18-12)8-23-16-19-11-6-10(3)4-5-13(11)21-16/h4-7,9H,8H2,1-3H3,(H,17,20). The maximum absolute atomic E-state index is 11.9. The van der Waals surface area contributed by atoms with Crippen LogP contribution in [0.5, 0.6) is 0 Å². The molecule has 0 aliphatic rings. The summed E-state index contributed by atoms with van der Waals surface area (Å²) >= 11 is 2.95. The Kier molecular flexibility index (Phi) is 4.68. The summed E-state index contributed by atoms with van der Waals surface area (Å²) in [6.45, 7) is 5.88. The Morgan fingerprint density at radius 3 is 3.00 bits per heavy atom. The average molecular weight is 347 g/mol. The number of benzene rings is 1. The molecule has 2 aromatic heterocycles. The molecule has 0 atom stereocenters. The van der Waals surface area contributed by atoms with E-state index in [1.54, 1.807) is 5.38 Å². The fourth-order valence-corrected chi connectivity index (χ4v) is 3.65. The second-order valence-corrected chi connectivity index (χ2v) is 7.36. The highest BCUT2D eigenvalue weighted by Crippen LogP contribution is 2.27. The van der Waals surface area contributed by atoms with E-state index in [2.05, 4.69) is 15.3 Å². The molecule has 1 amide bonds. The van der Waals surface area contributed by atoms with Gasteiger partial charge in [-0.25, -0.2) is 9.97 Å². The van der Waals surface area contributed by atoms with Crippen LogP contribution in [0, 0.1) is 6.92 Å². The first-order valence-corrected chi connectivity index (χ1v) is 9.13. The van der Waals surface area contributed by atoms with Crippen LogP contribution in [-0.2, 0) is 5.75 Å². The number of rotatable bonds is 5. The lowest BCUT2D eigenvalue weighted by atomic mass is 10.2. The molecular weight excluding hydrogens is 330 g/mol. The van der Waals surface area contributed by atoms with E-state index in [9.17, 15) is 4.79 Å². The first-order valence-electron chi connectivity index (χ1n) is 7.26. The number of aromatic nitrogens is 2. The molecule has 0 spiro atoms. The fourth-order valence-electron chi connectivity index (χ4n) is 2.02. The third-order valence-electron chi connectivity index (χ3n) is 3.05. The monoisotopic (exact) mass is 347 g/mol. The van der Waals surface area contributed by atoms with Gasteiger partial charge >= 0.3 is 0 Å². The van der Waals surface area contributed by atoms with Crippen molar-refractivity contribution in [3.8, 4) is 0 Å². The number of carbonyl (C=O) groups excluding carboxylic acids is 1. The van der Waals surface area contributed by atoms with Crippen molar-refractivity contribution < 1.29 is 9.21 Å². The zero-order chi connectivity index (χ0) is 16.4. The first kappa shape index (κ1) is 16.0. The first-order chi connectivity index (χ1) is 11.0. The van der Waals surface area contributed by atoms with Gasteiger partial charge in [-0.15, -0.1) is 11.3 Å². The Bertz CT molecular complexity index is 839. The smallest absolute Gasteiger partial charge is 0.270 e. The Labute approximate surface area is 142 Å². The number of hydrogen-bond donors (Lipinski definition) is 1. The summed E-state index contributed by atoms with van der Waals surface area (Å²) in [6.07, 6.45) is 0. The van der Waals surface area contributed by atoms with E-state index < -0.39 is 0 Å². The van der Waals surface area contributed by atoms with Crippen LogP contribution >= 0.6 is 23.1 Å². The van der Waals surface area contributed by atoms with E-state index in [-0.39, 0.29) is 11.9 Å². The van der Waals surface area contributed by atoms with E-state index >= 15 is 0 Å². The molecule has 0 saturated heterocycles. The summed E-state index contributed by atoms with van der Waals surface area (Å²) in [5.74, 6) is 0.496. The van der Waals surface area contributed by atoms with Crippen molar-refractivity contribution in [2.75, 3.05) is 0 Å². The third-order valence-corrected chi connectivity index (χ3v) is 4.92. The minimum atomic E-state index is -0.134. The lowest BCUT2D eigenvalue weighted by molar-refractivity contribution is 0.0938. The molecule has 5 nitrogen and oxygen atoms in total. The Morgan fingerprint density at radius 2 is 2.22 bits per heavy atom. The second kappa shape index (κ2) is 6.72. The second-order valence-electron chi connectivity index (χ2n) is 5.49. The molecule has 3 aromatic rings. The van der Waals surface area contributed by atoms with E-state index in [0.29, 0.717) is 16.7 Å². The zero-order valence-electron chi connectivity index (χ0n) is 13.1. The largest absolute Gasteiger partial charge is 0.431 e. The van der Waals surface area contributed by atoms with Crippen molar-refractivity contribution in [1.82, 2.24) is 15.3 Å². The minimum Gasteiger partial charge on any atom is -0.431 e. The number of nitrogens with one attached hydrogen (secondary N) is 1. The topological polar surface area (TPSA) is 68.0 Å². The van der Waals surface area contributed by atoms with Crippen LogP contribution in [0.3, 0.4) is 0 Å². The molecule has 0 aliphatic carbocycles. The highest BCUT2D eigenvalue weighted by molar-refractivity contribution is 7.98. The molecule has 0 unspecified atom stereocenters. The van der Waals surface area contributed by atoms with Gasteiger partial charge in [0.05, 0.1) is 5.75 Å². The van der Waals surface area contributed by atoms with E-state index in [4.69, 9.17) is 4.42 Å². The van der Waals surface area contributed by atoms with Gasteiger partial charge < -0.3 is 9.73 Å². The van der Waals surface area contributed by atoms with Crippen molar-refractivity contribution in [3.05, 3.63) is 39.8 Å². The predicted octanol–water partition coefficient (Wildman–Crippen LogP) is 4.02. The molecular formula is C16H17N3O2S2. The number of amides is 1. The number of thioether (sulfide) groups is 1. The van der Waals surface area contributed by atoms with E-state index in [1.165, 1.54) is 23.1 Å². The van der Waals surface area contributed by atoms with Crippen LogP contribution in [0.25, 0.3) is 11.1 Å². The maximum atomic E-state index is 11.9. The number of carbonyl (C=O) groups is 1. The summed E-state index contributed by atoms with van der Waals surface area (Å²) in [5.41, 5.74) is 3.27. The van der Waals surface area contributed by atoms with Crippen LogP contribution in [0.4, 0.5) is 0 Å². The molecule has 0 aliphatic heterocycles. The fraction of sp³-hybridized carbons (Fsp3) is 0.312. The van der Waals surface area contributed by atoms with Crippen LogP contribution in [0.1, 0.15) is 34.9 Å². The van der Waals surface area contributed by atoms with Crippen molar-refractivity contribution in [1.29, 1.82) is 0 Å². The molecule has 0 radical (unpaired) electrons. The van der Waals surface area contributed by atoms with Crippen molar-refractivity contribution in [2.45, 2.75) is 37.8 Å². The molecule has 0 saturated carbocycles. The van der Waals surface area contributed by atoms with Gasteiger partial charge in [0.25, 0.3) is 11.1 Å². The summed E-state index contributed by atoms with van der Waals surface area (Å²) in [4.78, 5) is 20.7. The Morgan fingerprint density at radius 1 is 1.39 bits per heavy atom. The minimum absolute atomic E-state index is 0.102. The molecule has 7 heteroatoms. The van der Waals surface area contributed by atoms with Crippen LogP contribution in [-0.4, -0.2) is 21.9 Å². The van der Waals surface area contributed by atoms with Gasteiger partial charge in [0.15, 0.2) is 5.58 Å². The van der Waals surface area contributed by atoms with Gasteiger partial charge in [-0.05, 0) is 38.5 Å². The lowest BCUT2D eigenvalue weighted by Crippen LogP contribution is -2.30. The summed E-state index contributed by atoms with van der Waals surface area (Å²) in [7, 11) is 0. The van der Waals surface area contributed by atoms with Crippen molar-refractivity contribution in [2.24, 2.45) is 0 Å². The quantitative estimate of drug-likeness (QED) is 0.706. The number of nitrogens with zero attached hydrogens (tertiary/aromatic N) is 2. The van der Waals surface area contributed by atoms with E-state index in [1.807, 2.05) is 39.0 Å². The van der Waals surface area contributed by atoms with Gasteiger partial charge in [-0.1, -0.05) is 17.8 Å². The molecule has 0 fully saturated rings. The molecule has 1 aromatic carbocycles. The van der Waals surface area contributed by atoms with Gasteiger partial charge in [0.2, 0.25) is 0 Å². The highest BCUT2D eigenvalue weighted by Gasteiger charge is 2.13. The molecule has 120 valence electrons. The van der Waals surface area contributed by atoms with Crippen LogP contribution in [0.15, 0.2) is 33.2 Å². The summed E-state index contributed by atoms with van der Waals surface area (Å²) in [5, 5.41) is 6.11. The Balaban J connectivity index is 1.65. The normalized spacial score (nSPS) is 11.3. The van der Waals surface area contributed by atoms with Gasteiger partial charge in [0.1, 0.15) is 16.2 Å². The lowest BCUT2D eigenvalue weighted by Gasteiger charge is -2.05. The maximum Gasteiger partial charge on any atom is 0.270 e. The Hall–Kier alpha value is -1.86. The summed E-state index contributed by atoms with van der Waals surface area (Å²) in [6, 6.07) is 6.04. The van der Waals surface area contributed by atoms with Gasteiger partial charge in [-0.3, -0.25) is 4.79 Å². The van der Waals surface area contributed by atoms with Crippen LogP contribution < -0.4 is 5.32 Å². The third kappa shape index (κ3) is 3.92. The predicted molar refractivity (Wildman–Crippen MR) is 93.0 cm³/mol. The molecule has 2 heterocycles. The van der Waals surface area contributed by atoms with Gasteiger partial charge in [-0.2, -0.15) is 0 Å². The molecule has 23 heavy (non-hydrogen) atoms. The number of fused-ring (bicyclic) bond motifs is 1. The van der Waals surface area contributed by atoms with Crippen LogP contribution in [0.2, 0.25) is 0 Å². The number of aryl methyl sites for hydroxylation is 1. The number of oxazole rings is 1. The number of hydrogen-bond acceptors (Lipinski definition) is 6. The molecule has 1 N–H and O–H groups in total. The molecule has 0 bridgehead atoms. The zero-order valence-corrected chi connectivity index (χ0v) is 14.8. The number of thiazole rings is 1. The van der Waals surface area contributed by atoms with Crippen molar-refractivity contribution in [3.63, 3.8) is 0 Å². The van der Waals surface area contributed by atoms with Crippen molar-refractivity contribution >= 4 is 40.1 Å². The summed E-state index contributed by atoms with van der Waals surface area (Å²) < 4.78 is 5.70.